The number of aromatic nitrogens is 6. The van der Waals surface area contributed by atoms with E-state index in [1.54, 1.807) is 0 Å². The highest BCUT2D eigenvalue weighted by atomic mass is 15.0. The Balaban J connectivity index is 0.547. The molecule has 0 saturated carbocycles. The van der Waals surface area contributed by atoms with Gasteiger partial charge in [0.05, 0.1) is 0 Å². The topological polar surface area (TPSA) is 77.3 Å². The first kappa shape index (κ1) is 60.1. The third kappa shape index (κ3) is 10.7. The molecule has 0 aliphatic rings. The van der Waals surface area contributed by atoms with Crippen LogP contribution in [0, 0.1) is 0 Å². The molecule has 2 heterocycles. The van der Waals surface area contributed by atoms with E-state index in [0.717, 1.165) is 66.8 Å². The maximum Gasteiger partial charge on any atom is 0.164 e. The van der Waals surface area contributed by atoms with Gasteiger partial charge >= 0.3 is 0 Å². The molecule has 0 spiro atoms. The van der Waals surface area contributed by atoms with Gasteiger partial charge in [0.2, 0.25) is 0 Å². The molecule has 18 aromatic carbocycles. The first-order chi connectivity index (χ1) is 51.5. The van der Waals surface area contributed by atoms with Crippen LogP contribution in [0.4, 0.5) is 0 Å². The molecule has 0 atom stereocenters. The summed E-state index contributed by atoms with van der Waals surface area (Å²) in [5.74, 6) is 3.62. The molecule has 482 valence electrons. The van der Waals surface area contributed by atoms with Crippen LogP contribution < -0.4 is 0 Å². The second kappa shape index (κ2) is 25.0. The van der Waals surface area contributed by atoms with Crippen molar-refractivity contribution in [3.8, 4) is 124 Å². The third-order valence-electron chi connectivity index (χ3n) is 20.8. The first-order valence-electron chi connectivity index (χ1n) is 35.3. The van der Waals surface area contributed by atoms with Gasteiger partial charge in [0, 0.05) is 33.4 Å². The Morgan fingerprint density at radius 1 is 0.115 bits per heavy atom. The predicted octanol–water partition coefficient (Wildman–Crippen LogP) is 25.6. The SMILES string of the molecule is c1ccc(-c2nc(-c3ccc(-c4ccc(-c5ccc6c(ccc7c8ccccc8c8ccccc8c67)c5)cc4)cc3)nc(-c3ccc(-c4ccc(-c5nc(-c6ccccc6)nc(-c6ccc(-c7ccc(-c8ccc9ccc%10c%11ccccc%11c%11ccccc%11c%10c9c8)cc7)cc6)n5)cc4)cc3)n2)cc1. The highest BCUT2D eigenvalue weighted by molar-refractivity contribution is 6.33. The lowest BCUT2D eigenvalue weighted by Gasteiger charge is -2.14. The van der Waals surface area contributed by atoms with Crippen molar-refractivity contribution in [2.75, 3.05) is 0 Å². The van der Waals surface area contributed by atoms with Crippen LogP contribution in [-0.4, -0.2) is 29.9 Å². The molecule has 0 unspecified atom stereocenters. The van der Waals surface area contributed by atoms with Gasteiger partial charge in [0.1, 0.15) is 0 Å². The first-order valence-corrected chi connectivity index (χ1v) is 35.3. The van der Waals surface area contributed by atoms with E-state index in [1.165, 1.54) is 108 Å². The van der Waals surface area contributed by atoms with Crippen LogP contribution in [0.25, 0.3) is 210 Å². The quantitative estimate of drug-likeness (QED) is 0.120. The summed E-state index contributed by atoms with van der Waals surface area (Å²) in [6.45, 7) is 0. The standard InChI is InChI=1S/C98H60N6/c1-3-15-70(16-4-1)93-99-95(72-44-35-63(36-45-72)61-27-31-67(32-28-61)76-54-56-79-78(59-76)55-58-88-84-23-9-7-19-80(84)82-21-11-13-25-86(82)91(79)88)103-97(101-93)74-48-39-65(40-49-74)66-41-50-75(51-42-66)98-102-94(71-17-5-2-6-18-71)100-96(104-98)73-46-37-64(38-47-73)62-29-33-68(34-30-62)77-52-43-69-53-57-89-85-24-10-8-20-81(85)83-22-12-14-26-87(83)92(89)90(69)60-77/h1-60H. The summed E-state index contributed by atoms with van der Waals surface area (Å²) >= 11 is 0. The van der Waals surface area contributed by atoms with Gasteiger partial charge in [-0.25, -0.2) is 29.9 Å². The lowest BCUT2D eigenvalue weighted by molar-refractivity contribution is 1.07. The van der Waals surface area contributed by atoms with E-state index in [0.29, 0.717) is 34.9 Å². The maximum absolute atomic E-state index is 5.14. The minimum absolute atomic E-state index is 0.595. The van der Waals surface area contributed by atoms with Crippen molar-refractivity contribution in [3.05, 3.63) is 364 Å². The summed E-state index contributed by atoms with van der Waals surface area (Å²) in [5, 5.41) is 20.4. The Bertz CT molecular complexity index is 6690. The zero-order valence-corrected chi connectivity index (χ0v) is 56.3. The van der Waals surface area contributed by atoms with Gasteiger partial charge in [-0.2, -0.15) is 0 Å². The molecule has 0 aliphatic heterocycles. The molecule has 20 aromatic rings. The van der Waals surface area contributed by atoms with Crippen LogP contribution in [0.5, 0.6) is 0 Å². The molecular weight excluding hydrogens is 1260 g/mol. The molecule has 0 fully saturated rings. The van der Waals surface area contributed by atoms with E-state index >= 15 is 0 Å². The van der Waals surface area contributed by atoms with Crippen LogP contribution >= 0.6 is 0 Å². The van der Waals surface area contributed by atoms with Crippen LogP contribution in [0.3, 0.4) is 0 Å². The fourth-order valence-electron chi connectivity index (χ4n) is 15.5. The molecule has 2 aromatic heterocycles. The number of benzene rings is 18. The van der Waals surface area contributed by atoms with Gasteiger partial charge in [-0.15, -0.1) is 0 Å². The van der Waals surface area contributed by atoms with Gasteiger partial charge < -0.3 is 0 Å². The number of fused-ring (bicyclic) bond motifs is 16. The van der Waals surface area contributed by atoms with Gasteiger partial charge in [-0.1, -0.05) is 352 Å². The summed E-state index contributed by atoms with van der Waals surface area (Å²) in [6.07, 6.45) is 0. The van der Waals surface area contributed by atoms with E-state index in [9.17, 15) is 0 Å². The average molecular weight is 1320 g/mol. The van der Waals surface area contributed by atoms with E-state index in [1.807, 2.05) is 60.7 Å². The Hall–Kier alpha value is -13.9. The molecule has 0 aliphatic carbocycles. The average Bonchev–Trinajstić information content (AvgIpc) is 0.734. The molecule has 104 heavy (non-hydrogen) atoms. The predicted molar refractivity (Wildman–Crippen MR) is 433 cm³/mol. The third-order valence-corrected chi connectivity index (χ3v) is 20.8. The Labute approximate surface area is 600 Å². The lowest BCUT2D eigenvalue weighted by Crippen LogP contribution is -2.00. The van der Waals surface area contributed by atoms with Gasteiger partial charge in [0.15, 0.2) is 34.9 Å². The number of nitrogens with zero attached hydrogens (tertiary/aromatic N) is 6. The molecule has 6 nitrogen and oxygen atoms in total. The Morgan fingerprint density at radius 3 is 0.654 bits per heavy atom. The van der Waals surface area contributed by atoms with Gasteiger partial charge in [0.25, 0.3) is 0 Å². The molecule has 0 radical (unpaired) electrons. The molecule has 0 N–H and O–H groups in total. The zero-order chi connectivity index (χ0) is 68.6. The summed E-state index contributed by atoms with van der Waals surface area (Å²) in [5.41, 5.74) is 16.7. The van der Waals surface area contributed by atoms with Crippen molar-refractivity contribution in [2.45, 2.75) is 0 Å². The minimum atomic E-state index is 0.595. The van der Waals surface area contributed by atoms with Crippen LogP contribution in [-0.2, 0) is 0 Å². The smallest absolute Gasteiger partial charge is 0.164 e. The normalized spacial score (nSPS) is 11.7. The fourth-order valence-corrected chi connectivity index (χ4v) is 15.5. The van der Waals surface area contributed by atoms with Gasteiger partial charge in [-0.05, 0) is 154 Å². The highest BCUT2D eigenvalue weighted by Gasteiger charge is 2.19. The molecule has 0 bridgehead atoms. The molecule has 6 heteroatoms. The van der Waals surface area contributed by atoms with Crippen molar-refractivity contribution in [3.63, 3.8) is 0 Å². The van der Waals surface area contributed by atoms with Gasteiger partial charge in [-0.3, -0.25) is 0 Å². The Morgan fingerprint density at radius 2 is 0.317 bits per heavy atom. The summed E-state index contributed by atoms with van der Waals surface area (Å²) in [6, 6.07) is 130. The van der Waals surface area contributed by atoms with E-state index in [-0.39, 0.29) is 0 Å². The number of hydrogen-bond donors (Lipinski definition) is 0. The molecule has 0 amide bonds. The van der Waals surface area contributed by atoms with E-state index < -0.39 is 0 Å². The van der Waals surface area contributed by atoms with Crippen molar-refractivity contribution >= 4 is 86.2 Å². The van der Waals surface area contributed by atoms with Crippen LogP contribution in [0.15, 0.2) is 364 Å². The maximum atomic E-state index is 5.14. The monoisotopic (exact) mass is 1320 g/mol. The number of rotatable bonds is 11. The summed E-state index contributed by atoms with van der Waals surface area (Å²) in [4.78, 5) is 30.6. The molecule has 20 rings (SSSR count). The second-order valence-corrected chi connectivity index (χ2v) is 26.8. The zero-order valence-electron chi connectivity index (χ0n) is 56.3. The molecule has 0 saturated heterocycles. The van der Waals surface area contributed by atoms with Crippen LogP contribution in [0.2, 0.25) is 0 Å². The van der Waals surface area contributed by atoms with Crippen molar-refractivity contribution in [1.82, 2.24) is 29.9 Å². The fraction of sp³-hybridized carbons (Fsp3) is 0. The van der Waals surface area contributed by atoms with E-state index in [2.05, 4.69) is 303 Å². The number of hydrogen-bond acceptors (Lipinski definition) is 6. The minimum Gasteiger partial charge on any atom is -0.208 e. The largest absolute Gasteiger partial charge is 0.208 e. The lowest BCUT2D eigenvalue weighted by atomic mass is 9.90. The van der Waals surface area contributed by atoms with Crippen molar-refractivity contribution in [2.24, 2.45) is 0 Å². The summed E-state index contributed by atoms with van der Waals surface area (Å²) in [7, 11) is 0. The van der Waals surface area contributed by atoms with Crippen LogP contribution in [0.1, 0.15) is 0 Å². The Kier molecular flexibility index (Phi) is 14.5. The molecular formula is C98H60N6. The van der Waals surface area contributed by atoms with Crippen molar-refractivity contribution < 1.29 is 0 Å². The van der Waals surface area contributed by atoms with E-state index in [4.69, 9.17) is 29.9 Å². The highest BCUT2D eigenvalue weighted by Crippen LogP contribution is 2.43. The summed E-state index contributed by atoms with van der Waals surface area (Å²) < 4.78 is 0. The second-order valence-electron chi connectivity index (χ2n) is 26.8. The van der Waals surface area contributed by atoms with Crippen molar-refractivity contribution in [1.29, 1.82) is 0 Å².